The van der Waals surface area contributed by atoms with Crippen LogP contribution >= 0.6 is 12.8 Å². The number of piperidine rings is 1. The Bertz CT molecular complexity index is 348. The second-order valence-electron chi connectivity index (χ2n) is 5.80. The third-order valence-electron chi connectivity index (χ3n) is 3.97. The molecule has 1 fully saturated rings. The van der Waals surface area contributed by atoms with E-state index >= 15 is 0 Å². The van der Waals surface area contributed by atoms with Crippen molar-refractivity contribution < 1.29 is 4.79 Å². The molecule has 5 nitrogen and oxygen atoms in total. The van der Waals surface area contributed by atoms with E-state index in [1.165, 1.54) is 0 Å². The van der Waals surface area contributed by atoms with Crippen molar-refractivity contribution in [3.8, 4) is 6.07 Å². The van der Waals surface area contributed by atoms with Gasteiger partial charge in [0.25, 0.3) is 0 Å². The molecule has 20 heavy (non-hydrogen) atoms. The minimum Gasteiger partial charge on any atom is -0.345 e. The third kappa shape index (κ3) is 6.12. The van der Waals surface area contributed by atoms with Crippen LogP contribution in [0.5, 0.6) is 0 Å². The molecule has 1 N–H and O–H groups in total. The molecule has 0 aromatic carbocycles. The lowest BCUT2D eigenvalue weighted by molar-refractivity contribution is -0.129. The number of amides is 1. The number of nitrogens with zero attached hydrogens (tertiary/aromatic N) is 3. The SMILES string of the molecule is CN(CCCCC#N)C(=O)CNC1(C)CCN(S)CC1. The Hall–Kier alpha value is -0.770. The molecule has 0 aliphatic carbocycles. The first kappa shape index (κ1) is 17.3. The summed E-state index contributed by atoms with van der Waals surface area (Å²) >= 11 is 4.34. The Kier molecular flexibility index (Phi) is 7.35. The Morgan fingerprint density at radius 2 is 2.10 bits per heavy atom. The maximum absolute atomic E-state index is 12.0. The van der Waals surface area contributed by atoms with Crippen molar-refractivity contribution in [3.05, 3.63) is 0 Å². The molecule has 0 spiro atoms. The van der Waals surface area contributed by atoms with Gasteiger partial charge in [0, 0.05) is 38.6 Å². The van der Waals surface area contributed by atoms with Crippen molar-refractivity contribution in [2.24, 2.45) is 0 Å². The summed E-state index contributed by atoms with van der Waals surface area (Å²) in [5.41, 5.74) is 0.0382. The molecule has 0 unspecified atom stereocenters. The van der Waals surface area contributed by atoms with Crippen LogP contribution in [-0.4, -0.2) is 53.9 Å². The molecule has 1 saturated heterocycles. The van der Waals surface area contributed by atoms with Crippen LogP contribution in [0.3, 0.4) is 0 Å². The quantitative estimate of drug-likeness (QED) is 0.551. The number of rotatable bonds is 7. The molecule has 1 aliphatic rings. The van der Waals surface area contributed by atoms with E-state index in [9.17, 15) is 4.79 Å². The monoisotopic (exact) mass is 298 g/mol. The maximum atomic E-state index is 12.0. The molecule has 0 bridgehead atoms. The van der Waals surface area contributed by atoms with Crippen LogP contribution in [0.15, 0.2) is 0 Å². The zero-order chi connectivity index (χ0) is 15.0. The summed E-state index contributed by atoms with van der Waals surface area (Å²) in [6.45, 7) is 5.19. The molecule has 0 saturated carbocycles. The van der Waals surface area contributed by atoms with Gasteiger partial charge in [-0.05, 0) is 32.6 Å². The Morgan fingerprint density at radius 1 is 1.45 bits per heavy atom. The molecule has 1 heterocycles. The largest absolute Gasteiger partial charge is 0.345 e. The Balaban J connectivity index is 2.23. The fourth-order valence-corrected chi connectivity index (χ4v) is 2.47. The van der Waals surface area contributed by atoms with E-state index in [0.717, 1.165) is 45.3 Å². The van der Waals surface area contributed by atoms with Crippen LogP contribution in [0.25, 0.3) is 0 Å². The predicted octanol–water partition coefficient (Wildman–Crippen LogP) is 1.43. The van der Waals surface area contributed by atoms with Gasteiger partial charge in [0.2, 0.25) is 5.91 Å². The summed E-state index contributed by atoms with van der Waals surface area (Å²) in [4.78, 5) is 13.8. The van der Waals surface area contributed by atoms with Crippen molar-refractivity contribution in [1.29, 1.82) is 5.26 Å². The summed E-state index contributed by atoms with van der Waals surface area (Å²) in [6, 6.07) is 2.12. The molecule has 0 radical (unpaired) electrons. The summed E-state index contributed by atoms with van der Waals surface area (Å²) < 4.78 is 2.02. The van der Waals surface area contributed by atoms with Crippen molar-refractivity contribution in [2.75, 3.05) is 33.2 Å². The van der Waals surface area contributed by atoms with E-state index in [-0.39, 0.29) is 11.4 Å². The van der Waals surface area contributed by atoms with E-state index in [4.69, 9.17) is 5.26 Å². The molecular formula is C14H26N4OS. The zero-order valence-electron chi connectivity index (χ0n) is 12.6. The van der Waals surface area contributed by atoms with E-state index < -0.39 is 0 Å². The van der Waals surface area contributed by atoms with Crippen LogP contribution in [0.2, 0.25) is 0 Å². The lowest BCUT2D eigenvalue weighted by Gasteiger charge is -2.38. The molecule has 0 aromatic rings. The Morgan fingerprint density at radius 3 is 2.70 bits per heavy atom. The predicted molar refractivity (Wildman–Crippen MR) is 83.3 cm³/mol. The topological polar surface area (TPSA) is 59.4 Å². The smallest absolute Gasteiger partial charge is 0.236 e. The van der Waals surface area contributed by atoms with Gasteiger partial charge in [-0.25, -0.2) is 0 Å². The van der Waals surface area contributed by atoms with Gasteiger partial charge < -0.3 is 10.2 Å². The van der Waals surface area contributed by atoms with Gasteiger partial charge in [-0.2, -0.15) is 5.26 Å². The second-order valence-corrected chi connectivity index (χ2v) is 6.36. The standard InChI is InChI=1S/C14H26N4OS/c1-14(6-10-18(20)11-7-14)16-12-13(19)17(2)9-5-3-4-8-15/h16,20H,3-7,9-12H2,1-2H3. The summed E-state index contributed by atoms with van der Waals surface area (Å²) in [7, 11) is 1.83. The third-order valence-corrected chi connectivity index (χ3v) is 4.37. The maximum Gasteiger partial charge on any atom is 0.236 e. The molecule has 1 rings (SSSR count). The number of thiol groups is 1. The van der Waals surface area contributed by atoms with E-state index in [1.807, 2.05) is 11.4 Å². The highest BCUT2D eigenvalue weighted by Crippen LogP contribution is 2.22. The van der Waals surface area contributed by atoms with Crippen LogP contribution in [-0.2, 0) is 4.79 Å². The number of carbonyl (C=O) groups is 1. The summed E-state index contributed by atoms with van der Waals surface area (Å²) in [6.07, 6.45) is 4.34. The van der Waals surface area contributed by atoms with Crippen LogP contribution < -0.4 is 5.32 Å². The Labute approximate surface area is 127 Å². The minimum atomic E-state index is 0.0382. The fourth-order valence-electron chi connectivity index (χ4n) is 2.27. The molecule has 1 aliphatic heterocycles. The first-order valence-electron chi connectivity index (χ1n) is 7.27. The number of unbranched alkanes of at least 4 members (excludes halogenated alkanes) is 2. The second kappa shape index (κ2) is 8.50. The number of hydrogen-bond acceptors (Lipinski definition) is 5. The minimum absolute atomic E-state index is 0.0382. The highest BCUT2D eigenvalue weighted by molar-refractivity contribution is 7.77. The average molecular weight is 298 g/mol. The van der Waals surface area contributed by atoms with E-state index in [2.05, 4.69) is 31.1 Å². The number of nitriles is 1. The average Bonchev–Trinajstić information content (AvgIpc) is 2.44. The van der Waals surface area contributed by atoms with Gasteiger partial charge in [0.15, 0.2) is 0 Å². The molecule has 0 atom stereocenters. The highest BCUT2D eigenvalue weighted by Gasteiger charge is 2.29. The first-order valence-corrected chi connectivity index (χ1v) is 7.67. The lowest BCUT2D eigenvalue weighted by atomic mass is 9.90. The zero-order valence-corrected chi connectivity index (χ0v) is 13.5. The van der Waals surface area contributed by atoms with Gasteiger partial charge in [-0.1, -0.05) is 12.8 Å². The number of hydrogen-bond donors (Lipinski definition) is 2. The van der Waals surface area contributed by atoms with E-state index in [1.54, 1.807) is 4.90 Å². The molecule has 1 amide bonds. The molecular weight excluding hydrogens is 272 g/mol. The van der Waals surface area contributed by atoms with E-state index in [0.29, 0.717) is 13.0 Å². The molecule has 0 aromatic heterocycles. The van der Waals surface area contributed by atoms with Gasteiger partial charge in [-0.15, -0.1) is 0 Å². The van der Waals surface area contributed by atoms with Gasteiger partial charge >= 0.3 is 0 Å². The molecule has 6 heteroatoms. The van der Waals surface area contributed by atoms with Crippen molar-refractivity contribution >= 4 is 18.7 Å². The molecule has 114 valence electrons. The normalized spacial score (nSPS) is 18.5. The number of likely N-dealkylation sites (N-methyl/N-ethyl adjacent to an activating group) is 1. The van der Waals surface area contributed by atoms with Crippen LogP contribution in [0.4, 0.5) is 0 Å². The number of carbonyl (C=O) groups excluding carboxylic acids is 1. The van der Waals surface area contributed by atoms with Crippen LogP contribution in [0.1, 0.15) is 39.0 Å². The number of nitrogens with one attached hydrogen (secondary N) is 1. The summed E-state index contributed by atoms with van der Waals surface area (Å²) in [5.74, 6) is 0.122. The van der Waals surface area contributed by atoms with Crippen molar-refractivity contribution in [3.63, 3.8) is 0 Å². The van der Waals surface area contributed by atoms with Gasteiger partial charge in [0.05, 0.1) is 12.6 Å². The lowest BCUT2D eigenvalue weighted by Crippen LogP contribution is -2.52. The van der Waals surface area contributed by atoms with Gasteiger partial charge in [-0.3, -0.25) is 9.10 Å². The fraction of sp³-hybridized carbons (Fsp3) is 0.857. The van der Waals surface area contributed by atoms with Crippen LogP contribution in [0, 0.1) is 11.3 Å². The summed E-state index contributed by atoms with van der Waals surface area (Å²) in [5, 5.41) is 11.9. The van der Waals surface area contributed by atoms with Crippen molar-refractivity contribution in [2.45, 2.75) is 44.6 Å². The van der Waals surface area contributed by atoms with Gasteiger partial charge in [0.1, 0.15) is 0 Å². The van der Waals surface area contributed by atoms with Crippen molar-refractivity contribution in [1.82, 2.24) is 14.5 Å². The highest BCUT2D eigenvalue weighted by atomic mass is 32.1. The first-order chi connectivity index (χ1) is 9.47.